The van der Waals surface area contributed by atoms with Crippen molar-refractivity contribution in [3.05, 3.63) is 34.6 Å². The molecule has 1 fully saturated rings. The van der Waals surface area contributed by atoms with Crippen molar-refractivity contribution in [2.24, 2.45) is 5.92 Å². The van der Waals surface area contributed by atoms with Gasteiger partial charge in [0, 0.05) is 18.8 Å². The standard InChI is InChI=1S/C12H13BrN2/c13-12-4-3-9(6-15-12)8-1-2-10-7-14-11(10)5-8/h3-6,10-11,14H,1-2,7H2. The SMILES string of the molecule is Brc1ccc(C2=CC3NCC3CC2)cn1. The molecule has 2 aliphatic rings. The van der Waals surface area contributed by atoms with E-state index in [9.17, 15) is 0 Å². The van der Waals surface area contributed by atoms with Crippen LogP contribution in [0.5, 0.6) is 0 Å². The Kier molecular flexibility index (Phi) is 2.37. The topological polar surface area (TPSA) is 24.9 Å². The Bertz CT molecular complexity index is 397. The van der Waals surface area contributed by atoms with Crippen molar-refractivity contribution in [3.63, 3.8) is 0 Å². The molecule has 1 aliphatic carbocycles. The maximum atomic E-state index is 4.27. The zero-order valence-electron chi connectivity index (χ0n) is 8.41. The van der Waals surface area contributed by atoms with Crippen LogP contribution in [0.25, 0.3) is 5.57 Å². The molecule has 0 bridgehead atoms. The molecule has 2 unspecified atom stereocenters. The summed E-state index contributed by atoms with van der Waals surface area (Å²) in [7, 11) is 0. The van der Waals surface area contributed by atoms with Crippen LogP contribution < -0.4 is 5.32 Å². The summed E-state index contributed by atoms with van der Waals surface area (Å²) in [4.78, 5) is 4.27. The van der Waals surface area contributed by atoms with Crippen LogP contribution in [0.2, 0.25) is 0 Å². The molecule has 78 valence electrons. The molecular weight excluding hydrogens is 252 g/mol. The summed E-state index contributed by atoms with van der Waals surface area (Å²) in [5, 5.41) is 3.45. The van der Waals surface area contributed by atoms with Crippen molar-refractivity contribution in [1.29, 1.82) is 0 Å². The summed E-state index contributed by atoms with van der Waals surface area (Å²) >= 11 is 3.36. The summed E-state index contributed by atoms with van der Waals surface area (Å²) in [5.41, 5.74) is 2.72. The number of rotatable bonds is 1. The Hall–Kier alpha value is -0.670. The molecule has 0 aromatic carbocycles. The van der Waals surface area contributed by atoms with E-state index in [1.54, 1.807) is 0 Å². The first-order chi connectivity index (χ1) is 7.33. The van der Waals surface area contributed by atoms with Gasteiger partial charge in [0.05, 0.1) is 0 Å². The molecule has 2 heterocycles. The fourth-order valence-corrected chi connectivity index (χ4v) is 2.58. The molecule has 0 spiro atoms. The first-order valence-electron chi connectivity index (χ1n) is 5.39. The molecule has 2 nitrogen and oxygen atoms in total. The maximum Gasteiger partial charge on any atom is 0.106 e. The highest BCUT2D eigenvalue weighted by Gasteiger charge is 2.31. The molecule has 0 amide bonds. The lowest BCUT2D eigenvalue weighted by molar-refractivity contribution is 0.256. The molecule has 3 heteroatoms. The average Bonchev–Trinajstić information content (AvgIpc) is 2.22. The highest BCUT2D eigenvalue weighted by molar-refractivity contribution is 9.10. The van der Waals surface area contributed by atoms with Gasteiger partial charge in [0.1, 0.15) is 4.60 Å². The van der Waals surface area contributed by atoms with Crippen LogP contribution in [0.4, 0.5) is 0 Å². The Morgan fingerprint density at radius 2 is 2.33 bits per heavy atom. The van der Waals surface area contributed by atoms with E-state index < -0.39 is 0 Å². The van der Waals surface area contributed by atoms with E-state index in [0.717, 1.165) is 10.5 Å². The number of nitrogens with zero attached hydrogens (tertiary/aromatic N) is 1. The zero-order valence-corrected chi connectivity index (χ0v) is 10.00. The second-order valence-electron chi connectivity index (χ2n) is 4.29. The monoisotopic (exact) mass is 264 g/mol. The molecule has 0 radical (unpaired) electrons. The molecule has 3 rings (SSSR count). The maximum absolute atomic E-state index is 4.27. The second kappa shape index (κ2) is 3.72. The van der Waals surface area contributed by atoms with Gasteiger partial charge in [0.15, 0.2) is 0 Å². The fourth-order valence-electron chi connectivity index (χ4n) is 2.34. The number of hydrogen-bond acceptors (Lipinski definition) is 2. The van der Waals surface area contributed by atoms with Crippen LogP contribution in [0.15, 0.2) is 29.0 Å². The third-order valence-electron chi connectivity index (χ3n) is 3.39. The summed E-state index contributed by atoms with van der Waals surface area (Å²) in [6.07, 6.45) is 6.85. The lowest BCUT2D eigenvalue weighted by Gasteiger charge is -2.40. The van der Waals surface area contributed by atoms with Crippen molar-refractivity contribution >= 4 is 21.5 Å². The van der Waals surface area contributed by atoms with E-state index in [1.165, 1.54) is 30.5 Å². The van der Waals surface area contributed by atoms with E-state index in [-0.39, 0.29) is 0 Å². The Labute approximate surface area is 97.9 Å². The van der Waals surface area contributed by atoms with Gasteiger partial charge in [-0.3, -0.25) is 0 Å². The van der Waals surface area contributed by atoms with Crippen LogP contribution >= 0.6 is 15.9 Å². The largest absolute Gasteiger partial charge is 0.310 e. The van der Waals surface area contributed by atoms with E-state index in [1.807, 2.05) is 12.3 Å². The third-order valence-corrected chi connectivity index (χ3v) is 3.86. The van der Waals surface area contributed by atoms with Crippen LogP contribution in [0.3, 0.4) is 0 Å². The number of aromatic nitrogens is 1. The molecule has 1 N–H and O–H groups in total. The van der Waals surface area contributed by atoms with Crippen molar-refractivity contribution in [2.75, 3.05) is 6.54 Å². The van der Waals surface area contributed by atoms with Gasteiger partial charge in [-0.05, 0) is 51.9 Å². The minimum absolute atomic E-state index is 0.623. The van der Waals surface area contributed by atoms with Gasteiger partial charge >= 0.3 is 0 Å². The summed E-state index contributed by atoms with van der Waals surface area (Å²) < 4.78 is 0.905. The predicted octanol–water partition coefficient (Wildman–Crippen LogP) is 2.61. The minimum Gasteiger partial charge on any atom is -0.310 e. The minimum atomic E-state index is 0.623. The smallest absolute Gasteiger partial charge is 0.106 e. The van der Waals surface area contributed by atoms with Gasteiger partial charge in [0.25, 0.3) is 0 Å². The summed E-state index contributed by atoms with van der Waals surface area (Å²) in [6.45, 7) is 1.20. The molecular formula is C12H13BrN2. The number of nitrogens with one attached hydrogen (secondary N) is 1. The molecule has 0 saturated carbocycles. The van der Waals surface area contributed by atoms with Crippen molar-refractivity contribution in [1.82, 2.24) is 10.3 Å². The first kappa shape index (κ1) is 9.55. The fraction of sp³-hybridized carbons (Fsp3) is 0.417. The van der Waals surface area contributed by atoms with E-state index in [2.05, 4.69) is 38.4 Å². The molecule has 15 heavy (non-hydrogen) atoms. The Morgan fingerprint density at radius 3 is 2.93 bits per heavy atom. The first-order valence-corrected chi connectivity index (χ1v) is 6.18. The molecule has 1 aromatic rings. The van der Waals surface area contributed by atoms with Gasteiger partial charge in [-0.2, -0.15) is 0 Å². The number of halogens is 1. The highest BCUT2D eigenvalue weighted by atomic mass is 79.9. The second-order valence-corrected chi connectivity index (χ2v) is 5.11. The van der Waals surface area contributed by atoms with E-state index in [4.69, 9.17) is 0 Å². The van der Waals surface area contributed by atoms with Gasteiger partial charge in [-0.1, -0.05) is 12.1 Å². The Morgan fingerprint density at radius 1 is 1.40 bits per heavy atom. The molecule has 2 atom stereocenters. The van der Waals surface area contributed by atoms with Crippen LogP contribution in [0, 0.1) is 5.92 Å². The number of allylic oxidation sites excluding steroid dienone is 1. The predicted molar refractivity (Wildman–Crippen MR) is 64.4 cm³/mol. The van der Waals surface area contributed by atoms with Gasteiger partial charge in [-0.15, -0.1) is 0 Å². The van der Waals surface area contributed by atoms with Crippen molar-refractivity contribution < 1.29 is 0 Å². The number of pyridine rings is 1. The van der Waals surface area contributed by atoms with Gasteiger partial charge < -0.3 is 5.32 Å². The van der Waals surface area contributed by atoms with Crippen LogP contribution in [-0.4, -0.2) is 17.6 Å². The highest BCUT2D eigenvalue weighted by Crippen LogP contribution is 2.33. The van der Waals surface area contributed by atoms with Crippen LogP contribution in [-0.2, 0) is 0 Å². The van der Waals surface area contributed by atoms with Crippen molar-refractivity contribution in [2.45, 2.75) is 18.9 Å². The lowest BCUT2D eigenvalue weighted by Crippen LogP contribution is -2.52. The molecule has 1 saturated heterocycles. The third kappa shape index (κ3) is 1.74. The normalized spacial score (nSPS) is 29.0. The zero-order chi connectivity index (χ0) is 10.3. The summed E-state index contributed by atoms with van der Waals surface area (Å²) in [5.74, 6) is 0.886. The van der Waals surface area contributed by atoms with Crippen molar-refractivity contribution in [3.8, 4) is 0 Å². The van der Waals surface area contributed by atoms with Crippen LogP contribution in [0.1, 0.15) is 18.4 Å². The number of hydrogen-bond donors (Lipinski definition) is 1. The Balaban J connectivity index is 1.87. The van der Waals surface area contributed by atoms with E-state index >= 15 is 0 Å². The average molecular weight is 265 g/mol. The lowest BCUT2D eigenvalue weighted by atomic mass is 9.79. The summed E-state index contributed by atoms with van der Waals surface area (Å²) in [6, 6.07) is 4.77. The van der Waals surface area contributed by atoms with Gasteiger partial charge in [-0.25, -0.2) is 4.98 Å². The number of fused-ring (bicyclic) bond motifs is 1. The van der Waals surface area contributed by atoms with E-state index in [0.29, 0.717) is 6.04 Å². The molecule has 1 aliphatic heterocycles. The molecule has 1 aromatic heterocycles. The quantitative estimate of drug-likeness (QED) is 0.789. The van der Waals surface area contributed by atoms with Gasteiger partial charge in [0.2, 0.25) is 0 Å².